The van der Waals surface area contributed by atoms with Crippen molar-refractivity contribution in [1.82, 2.24) is 14.5 Å². The van der Waals surface area contributed by atoms with Crippen LogP contribution in [0.25, 0.3) is 0 Å². The Labute approximate surface area is 217 Å². The van der Waals surface area contributed by atoms with Crippen molar-refractivity contribution in [2.75, 3.05) is 44.2 Å². The van der Waals surface area contributed by atoms with Crippen LogP contribution in [0.3, 0.4) is 0 Å². The monoisotopic (exact) mass is 568 g/mol. The number of nitrogens with one attached hydrogen (secondary N) is 1. The van der Waals surface area contributed by atoms with Gasteiger partial charge in [0.1, 0.15) is 4.90 Å². The van der Waals surface area contributed by atoms with Crippen LogP contribution >= 0.6 is 15.9 Å². The number of rotatable bonds is 7. The van der Waals surface area contributed by atoms with Gasteiger partial charge in [-0.3, -0.25) is 14.5 Å². The van der Waals surface area contributed by atoms with E-state index in [0.29, 0.717) is 61.5 Å². The van der Waals surface area contributed by atoms with Crippen LogP contribution in [0.5, 0.6) is 0 Å². The highest BCUT2D eigenvalue weighted by atomic mass is 79.9. The summed E-state index contributed by atoms with van der Waals surface area (Å²) in [7, 11) is -3.87. The zero-order valence-electron chi connectivity index (χ0n) is 20.8. The summed E-state index contributed by atoms with van der Waals surface area (Å²) >= 11 is 3.45. The van der Waals surface area contributed by atoms with Crippen molar-refractivity contribution >= 4 is 43.5 Å². The van der Waals surface area contributed by atoms with Crippen molar-refractivity contribution in [2.24, 2.45) is 5.92 Å². The lowest BCUT2D eigenvalue weighted by molar-refractivity contribution is -0.126. The number of nitrogens with zero attached hydrogens (tertiary/aromatic N) is 3. The SMILES string of the molecule is CCC(=O)N1CCc2cc(Br)cc(S(=O)(=O)N3CCC[C@H](C(=O)NCCN4CCCC[C@H]4C)C3)c21. The zero-order valence-corrected chi connectivity index (χ0v) is 23.2. The van der Waals surface area contributed by atoms with E-state index >= 15 is 0 Å². The number of amides is 2. The lowest BCUT2D eigenvalue weighted by atomic mass is 9.99. The van der Waals surface area contributed by atoms with Crippen molar-refractivity contribution in [1.29, 1.82) is 0 Å². The molecule has 1 aromatic rings. The van der Waals surface area contributed by atoms with Gasteiger partial charge < -0.3 is 10.2 Å². The third-order valence-electron chi connectivity index (χ3n) is 7.61. The topological polar surface area (TPSA) is 90.0 Å². The average Bonchev–Trinajstić information content (AvgIpc) is 3.27. The van der Waals surface area contributed by atoms with Crippen molar-refractivity contribution < 1.29 is 18.0 Å². The molecule has 2 atom stereocenters. The van der Waals surface area contributed by atoms with Crippen LogP contribution < -0.4 is 10.2 Å². The Balaban J connectivity index is 1.46. The van der Waals surface area contributed by atoms with Crippen LogP contribution in [0.1, 0.15) is 57.9 Å². The predicted octanol–water partition coefficient (Wildman–Crippen LogP) is 3.14. The van der Waals surface area contributed by atoms with E-state index < -0.39 is 10.0 Å². The first-order valence-electron chi connectivity index (χ1n) is 12.9. The number of sulfonamides is 1. The molecule has 2 saturated heterocycles. The molecular weight excluding hydrogens is 532 g/mol. The summed E-state index contributed by atoms with van der Waals surface area (Å²) in [5, 5.41) is 3.05. The highest BCUT2D eigenvalue weighted by molar-refractivity contribution is 9.10. The second kappa shape index (κ2) is 11.3. The summed E-state index contributed by atoms with van der Waals surface area (Å²) in [5.74, 6) is -0.524. The molecule has 3 aliphatic heterocycles. The number of piperidine rings is 2. The smallest absolute Gasteiger partial charge is 0.245 e. The maximum absolute atomic E-state index is 13.8. The second-order valence-corrected chi connectivity index (χ2v) is 12.8. The number of fused-ring (bicyclic) bond motifs is 1. The molecule has 0 spiro atoms. The molecule has 3 aliphatic rings. The molecule has 0 aromatic heterocycles. The Morgan fingerprint density at radius 1 is 1.11 bits per heavy atom. The second-order valence-electron chi connectivity index (χ2n) is 9.93. The minimum absolute atomic E-state index is 0.0724. The number of hydrogen-bond donors (Lipinski definition) is 1. The Morgan fingerprint density at radius 3 is 2.66 bits per heavy atom. The molecule has 0 unspecified atom stereocenters. The molecule has 1 aromatic carbocycles. The number of benzene rings is 1. The quantitative estimate of drug-likeness (QED) is 0.545. The first-order chi connectivity index (χ1) is 16.7. The van der Waals surface area contributed by atoms with Crippen LogP contribution in [-0.4, -0.2) is 74.7 Å². The minimum atomic E-state index is -3.87. The van der Waals surface area contributed by atoms with Crippen molar-refractivity contribution in [3.05, 3.63) is 22.2 Å². The van der Waals surface area contributed by atoms with Gasteiger partial charge in [-0.25, -0.2) is 8.42 Å². The molecule has 1 N–H and O–H groups in total. The Morgan fingerprint density at radius 2 is 1.91 bits per heavy atom. The third kappa shape index (κ3) is 5.76. The van der Waals surface area contributed by atoms with Gasteiger partial charge in [0, 0.05) is 49.7 Å². The molecule has 2 amide bonds. The van der Waals surface area contributed by atoms with Gasteiger partial charge in [-0.2, -0.15) is 4.31 Å². The highest BCUT2D eigenvalue weighted by Crippen LogP contribution is 2.39. The molecule has 35 heavy (non-hydrogen) atoms. The van der Waals surface area contributed by atoms with Gasteiger partial charge in [-0.15, -0.1) is 0 Å². The van der Waals surface area contributed by atoms with Gasteiger partial charge in [-0.05, 0) is 63.3 Å². The number of hydrogen-bond acceptors (Lipinski definition) is 5. The summed E-state index contributed by atoms with van der Waals surface area (Å²) in [6, 6.07) is 4.04. The number of likely N-dealkylation sites (tertiary alicyclic amines) is 1. The molecular formula is C25H37BrN4O4S. The first-order valence-corrected chi connectivity index (χ1v) is 15.1. The fourth-order valence-electron chi connectivity index (χ4n) is 5.58. The number of anilines is 1. The van der Waals surface area contributed by atoms with Crippen LogP contribution in [-0.2, 0) is 26.0 Å². The molecule has 0 radical (unpaired) electrons. The molecule has 194 valence electrons. The number of carbonyl (C=O) groups is 2. The van der Waals surface area contributed by atoms with E-state index in [9.17, 15) is 18.0 Å². The Hall–Kier alpha value is -1.49. The molecule has 3 heterocycles. The molecule has 0 bridgehead atoms. The zero-order chi connectivity index (χ0) is 25.2. The van der Waals surface area contributed by atoms with Gasteiger partial charge in [0.2, 0.25) is 21.8 Å². The number of carbonyl (C=O) groups excluding carboxylic acids is 2. The minimum Gasteiger partial charge on any atom is -0.355 e. The number of halogens is 1. The third-order valence-corrected chi connectivity index (χ3v) is 9.94. The lowest BCUT2D eigenvalue weighted by Crippen LogP contribution is -2.47. The predicted molar refractivity (Wildman–Crippen MR) is 140 cm³/mol. The maximum atomic E-state index is 13.8. The highest BCUT2D eigenvalue weighted by Gasteiger charge is 2.38. The first kappa shape index (κ1) is 26.6. The lowest BCUT2D eigenvalue weighted by Gasteiger charge is -2.34. The van der Waals surface area contributed by atoms with Crippen LogP contribution in [0.2, 0.25) is 0 Å². The molecule has 0 aliphatic carbocycles. The maximum Gasteiger partial charge on any atom is 0.245 e. The van der Waals surface area contributed by atoms with E-state index in [1.807, 2.05) is 6.07 Å². The molecule has 10 heteroatoms. The van der Waals surface area contributed by atoms with Gasteiger partial charge in [0.15, 0.2) is 0 Å². The fraction of sp³-hybridized carbons (Fsp3) is 0.680. The van der Waals surface area contributed by atoms with Crippen LogP contribution in [0, 0.1) is 5.92 Å². The molecule has 2 fully saturated rings. The molecule has 8 nitrogen and oxygen atoms in total. The van der Waals surface area contributed by atoms with E-state index in [4.69, 9.17) is 0 Å². The van der Waals surface area contributed by atoms with E-state index in [-0.39, 0.29) is 29.2 Å². The normalized spacial score (nSPS) is 23.8. The summed E-state index contributed by atoms with van der Waals surface area (Å²) in [6.07, 6.45) is 5.92. The van der Waals surface area contributed by atoms with Crippen molar-refractivity contribution in [3.8, 4) is 0 Å². The largest absolute Gasteiger partial charge is 0.355 e. The molecule has 0 saturated carbocycles. The van der Waals surface area contributed by atoms with E-state index in [2.05, 4.69) is 33.1 Å². The van der Waals surface area contributed by atoms with E-state index in [1.54, 1.807) is 17.9 Å². The average molecular weight is 570 g/mol. The van der Waals surface area contributed by atoms with Crippen LogP contribution in [0.15, 0.2) is 21.5 Å². The van der Waals surface area contributed by atoms with Crippen molar-refractivity contribution in [2.45, 2.75) is 69.7 Å². The summed E-state index contributed by atoms with van der Waals surface area (Å²) in [6.45, 7) is 7.53. The van der Waals surface area contributed by atoms with Crippen molar-refractivity contribution in [3.63, 3.8) is 0 Å². The van der Waals surface area contributed by atoms with Crippen LogP contribution in [0.4, 0.5) is 5.69 Å². The Kier molecular flexibility index (Phi) is 8.56. The summed E-state index contributed by atoms with van der Waals surface area (Å²) in [4.78, 5) is 29.7. The molecule has 4 rings (SSSR count). The Bertz CT molecular complexity index is 1060. The summed E-state index contributed by atoms with van der Waals surface area (Å²) in [5.41, 5.74) is 1.36. The van der Waals surface area contributed by atoms with Gasteiger partial charge >= 0.3 is 0 Å². The van der Waals surface area contributed by atoms with Gasteiger partial charge in [0.05, 0.1) is 11.6 Å². The standard InChI is InChI=1S/C25H37BrN4O4S/c1-3-23(31)30-13-9-19-15-21(26)16-22(24(19)30)35(33,34)29-12-6-8-20(17-29)25(32)27-10-14-28-11-5-4-7-18(28)2/h15-16,18,20H,3-14,17H2,1-2H3,(H,27,32)/t18-,20+/m1/s1. The van der Waals surface area contributed by atoms with E-state index in [1.165, 1.54) is 23.6 Å². The summed E-state index contributed by atoms with van der Waals surface area (Å²) < 4.78 is 29.7. The fourth-order valence-corrected chi connectivity index (χ4v) is 8.02. The van der Waals surface area contributed by atoms with Gasteiger partial charge in [0.25, 0.3) is 0 Å². The van der Waals surface area contributed by atoms with Gasteiger partial charge in [-0.1, -0.05) is 29.3 Å². The van der Waals surface area contributed by atoms with E-state index in [0.717, 1.165) is 18.7 Å².